The lowest BCUT2D eigenvalue weighted by Gasteiger charge is -2.32. The molecule has 27 heavy (non-hydrogen) atoms. The first-order valence-corrected chi connectivity index (χ1v) is 9.41. The van der Waals surface area contributed by atoms with Crippen molar-refractivity contribution in [1.29, 1.82) is 0 Å². The van der Waals surface area contributed by atoms with Crippen LogP contribution in [0.1, 0.15) is 41.5 Å². The topological polar surface area (TPSA) is 51.8 Å². The Hall–Kier alpha value is -2.54. The van der Waals surface area contributed by atoms with E-state index in [1.54, 1.807) is 18.6 Å². The molecule has 4 rings (SSSR count). The number of nitrogens with zero attached hydrogens (tertiary/aromatic N) is 6. The van der Waals surface area contributed by atoms with Gasteiger partial charge in [-0.15, -0.1) is 10.2 Å². The van der Waals surface area contributed by atoms with Gasteiger partial charge in [0.1, 0.15) is 11.6 Å². The van der Waals surface area contributed by atoms with Crippen molar-refractivity contribution in [3.8, 4) is 0 Å². The van der Waals surface area contributed by atoms with Gasteiger partial charge in [0.25, 0.3) is 0 Å². The smallest absolute Gasteiger partial charge is 0.152 e. The third-order valence-corrected chi connectivity index (χ3v) is 5.38. The molecule has 142 valence electrons. The van der Waals surface area contributed by atoms with Gasteiger partial charge in [-0.05, 0) is 43.5 Å². The number of likely N-dealkylation sites (tertiary alicyclic amines) is 1. The van der Waals surface area contributed by atoms with Gasteiger partial charge in [0.05, 0.1) is 12.9 Å². The van der Waals surface area contributed by atoms with Crippen LogP contribution in [0.2, 0.25) is 0 Å². The van der Waals surface area contributed by atoms with Gasteiger partial charge in [-0.1, -0.05) is 12.1 Å². The van der Waals surface area contributed by atoms with Gasteiger partial charge in [0.2, 0.25) is 0 Å². The average Bonchev–Trinajstić information content (AvgIpc) is 3.29. The summed E-state index contributed by atoms with van der Waals surface area (Å²) < 4.78 is 17.6. The van der Waals surface area contributed by atoms with Crippen molar-refractivity contribution in [3.63, 3.8) is 0 Å². The number of piperidine rings is 1. The largest absolute Gasteiger partial charge is 0.330 e. The molecule has 0 bridgehead atoms. The number of imidazole rings is 1. The summed E-state index contributed by atoms with van der Waals surface area (Å²) in [7, 11) is 2.05. The molecule has 0 saturated carbocycles. The van der Waals surface area contributed by atoms with Crippen LogP contribution in [0.5, 0.6) is 0 Å². The second-order valence-corrected chi connectivity index (χ2v) is 7.43. The van der Waals surface area contributed by atoms with Gasteiger partial charge in [0, 0.05) is 38.4 Å². The molecule has 1 atom stereocenters. The van der Waals surface area contributed by atoms with Crippen LogP contribution in [0.4, 0.5) is 4.39 Å². The molecule has 0 unspecified atom stereocenters. The van der Waals surface area contributed by atoms with E-state index in [-0.39, 0.29) is 5.82 Å². The summed E-state index contributed by atoms with van der Waals surface area (Å²) >= 11 is 0. The standard InChI is InChI=1S/C20H25FN6/c1-15-10-16(5-6-18(15)21)11-26-8-3-4-17(12-26)20-24-23-19(25(20)2)13-27-9-7-22-14-27/h5-7,9-10,14,17H,3-4,8,11-13H2,1-2H3/t17-/m0/s1. The van der Waals surface area contributed by atoms with Crippen LogP contribution >= 0.6 is 0 Å². The Morgan fingerprint density at radius 1 is 1.22 bits per heavy atom. The number of hydrogen-bond donors (Lipinski definition) is 0. The maximum atomic E-state index is 13.5. The highest BCUT2D eigenvalue weighted by Gasteiger charge is 2.26. The Balaban J connectivity index is 1.45. The fourth-order valence-corrected chi connectivity index (χ4v) is 3.89. The Labute approximate surface area is 158 Å². The molecule has 0 spiro atoms. The molecule has 1 aliphatic heterocycles. The third-order valence-electron chi connectivity index (χ3n) is 5.38. The fraction of sp³-hybridized carbons (Fsp3) is 0.450. The lowest BCUT2D eigenvalue weighted by Crippen LogP contribution is -2.34. The minimum atomic E-state index is -0.139. The summed E-state index contributed by atoms with van der Waals surface area (Å²) in [6.45, 7) is 5.35. The maximum Gasteiger partial charge on any atom is 0.152 e. The monoisotopic (exact) mass is 368 g/mol. The zero-order chi connectivity index (χ0) is 18.8. The van der Waals surface area contributed by atoms with E-state index in [1.807, 2.05) is 36.9 Å². The molecular weight excluding hydrogens is 343 g/mol. The van der Waals surface area contributed by atoms with Gasteiger partial charge in [-0.2, -0.15) is 0 Å². The summed E-state index contributed by atoms with van der Waals surface area (Å²) in [4.78, 5) is 6.52. The summed E-state index contributed by atoms with van der Waals surface area (Å²) in [6.07, 6.45) is 7.75. The molecule has 0 N–H and O–H groups in total. The number of rotatable bonds is 5. The SMILES string of the molecule is Cc1cc(CN2CCC[C@H](c3nnc(Cn4ccnc4)n3C)C2)ccc1F. The molecule has 2 aromatic heterocycles. The number of hydrogen-bond acceptors (Lipinski definition) is 4. The highest BCUT2D eigenvalue weighted by molar-refractivity contribution is 5.24. The van der Waals surface area contributed by atoms with E-state index in [4.69, 9.17) is 0 Å². The molecule has 1 aliphatic rings. The van der Waals surface area contributed by atoms with Gasteiger partial charge in [-0.3, -0.25) is 4.90 Å². The highest BCUT2D eigenvalue weighted by Crippen LogP contribution is 2.27. The van der Waals surface area contributed by atoms with Crippen LogP contribution in [-0.2, 0) is 20.1 Å². The second kappa shape index (κ2) is 7.60. The molecule has 0 radical (unpaired) electrons. The Morgan fingerprint density at radius 2 is 2.11 bits per heavy atom. The van der Waals surface area contributed by atoms with E-state index >= 15 is 0 Å². The van der Waals surface area contributed by atoms with Gasteiger partial charge in [0.15, 0.2) is 5.82 Å². The first-order chi connectivity index (χ1) is 13.1. The van der Waals surface area contributed by atoms with Crippen LogP contribution in [0.3, 0.4) is 0 Å². The van der Waals surface area contributed by atoms with Crippen molar-refractivity contribution in [2.45, 2.75) is 38.8 Å². The lowest BCUT2D eigenvalue weighted by atomic mass is 9.96. The molecule has 1 saturated heterocycles. The lowest BCUT2D eigenvalue weighted by molar-refractivity contribution is 0.195. The summed E-state index contributed by atoms with van der Waals surface area (Å²) in [5.74, 6) is 2.22. The fourth-order valence-electron chi connectivity index (χ4n) is 3.89. The first kappa shape index (κ1) is 17.9. The van der Waals surface area contributed by atoms with Crippen LogP contribution in [-0.4, -0.2) is 42.3 Å². The van der Waals surface area contributed by atoms with Gasteiger partial charge >= 0.3 is 0 Å². The van der Waals surface area contributed by atoms with E-state index in [0.717, 1.165) is 49.7 Å². The third kappa shape index (κ3) is 3.93. The van der Waals surface area contributed by atoms with E-state index in [9.17, 15) is 4.39 Å². The van der Waals surface area contributed by atoms with E-state index in [2.05, 4.69) is 24.6 Å². The Morgan fingerprint density at radius 3 is 2.89 bits per heavy atom. The molecule has 1 fully saturated rings. The summed E-state index contributed by atoms with van der Waals surface area (Å²) in [5, 5.41) is 8.89. The van der Waals surface area contributed by atoms with E-state index < -0.39 is 0 Å². The predicted molar refractivity (Wildman–Crippen MR) is 101 cm³/mol. The van der Waals surface area contributed by atoms with Gasteiger partial charge in [-0.25, -0.2) is 9.37 Å². The number of benzene rings is 1. The Kier molecular flexibility index (Phi) is 5.03. The molecular formula is C20H25FN6. The minimum Gasteiger partial charge on any atom is -0.330 e. The van der Waals surface area contributed by atoms with Crippen molar-refractivity contribution >= 4 is 0 Å². The average molecular weight is 368 g/mol. The normalized spacial score (nSPS) is 18.1. The maximum absolute atomic E-state index is 13.5. The van der Waals surface area contributed by atoms with E-state index in [1.165, 1.54) is 0 Å². The Bertz CT molecular complexity index is 901. The predicted octanol–water partition coefficient (Wildman–Crippen LogP) is 2.89. The van der Waals surface area contributed by atoms with Crippen molar-refractivity contribution in [2.75, 3.05) is 13.1 Å². The second-order valence-electron chi connectivity index (χ2n) is 7.43. The van der Waals surface area contributed by atoms with Crippen LogP contribution < -0.4 is 0 Å². The van der Waals surface area contributed by atoms with Gasteiger partial charge < -0.3 is 9.13 Å². The van der Waals surface area contributed by atoms with Crippen molar-refractivity contribution < 1.29 is 4.39 Å². The summed E-state index contributed by atoms with van der Waals surface area (Å²) in [5.41, 5.74) is 1.87. The van der Waals surface area contributed by atoms with Crippen LogP contribution in [0.15, 0.2) is 36.9 Å². The summed E-state index contributed by atoms with van der Waals surface area (Å²) in [6, 6.07) is 5.40. The number of halogens is 1. The van der Waals surface area contributed by atoms with Crippen molar-refractivity contribution in [2.24, 2.45) is 7.05 Å². The quantitative estimate of drug-likeness (QED) is 0.695. The zero-order valence-corrected chi connectivity index (χ0v) is 15.8. The first-order valence-electron chi connectivity index (χ1n) is 9.41. The molecule has 0 amide bonds. The van der Waals surface area contributed by atoms with E-state index in [0.29, 0.717) is 18.0 Å². The molecule has 6 nitrogen and oxygen atoms in total. The molecule has 3 heterocycles. The van der Waals surface area contributed by atoms with Crippen LogP contribution in [0.25, 0.3) is 0 Å². The number of aromatic nitrogens is 5. The van der Waals surface area contributed by atoms with Crippen LogP contribution in [0, 0.1) is 12.7 Å². The van der Waals surface area contributed by atoms with Crippen molar-refractivity contribution in [3.05, 3.63) is 65.5 Å². The number of aryl methyl sites for hydroxylation is 1. The highest BCUT2D eigenvalue weighted by atomic mass is 19.1. The molecule has 1 aromatic carbocycles. The molecule has 0 aliphatic carbocycles. The zero-order valence-electron chi connectivity index (χ0n) is 15.8. The van der Waals surface area contributed by atoms with Crippen molar-refractivity contribution in [1.82, 2.24) is 29.2 Å². The minimum absolute atomic E-state index is 0.139. The molecule has 7 heteroatoms. The molecule has 3 aromatic rings.